The van der Waals surface area contributed by atoms with Crippen LogP contribution in [0.3, 0.4) is 0 Å². The molecule has 1 aliphatic heterocycles. The van der Waals surface area contributed by atoms with Crippen LogP contribution in [0.5, 0.6) is 5.75 Å². The molecule has 0 saturated heterocycles. The van der Waals surface area contributed by atoms with Crippen molar-refractivity contribution in [3.05, 3.63) is 42.2 Å². The zero-order valence-electron chi connectivity index (χ0n) is 18.3. The number of amides is 3. The van der Waals surface area contributed by atoms with Crippen molar-refractivity contribution < 1.29 is 19.1 Å². The third-order valence-corrected chi connectivity index (χ3v) is 5.19. The number of methoxy groups -OCH3 is 1. The lowest BCUT2D eigenvalue weighted by molar-refractivity contribution is -0.141. The van der Waals surface area contributed by atoms with Crippen molar-refractivity contribution in [3.8, 4) is 5.75 Å². The van der Waals surface area contributed by atoms with Gasteiger partial charge in [0.05, 0.1) is 13.2 Å². The summed E-state index contributed by atoms with van der Waals surface area (Å²) < 4.78 is 5.15. The van der Waals surface area contributed by atoms with E-state index in [2.05, 4.69) is 10.6 Å². The predicted molar refractivity (Wildman–Crippen MR) is 115 cm³/mol. The number of ether oxygens (including phenoxy) is 1. The number of likely N-dealkylation sites (N-methyl/N-ethyl adjacent to an activating group) is 1. The second-order valence-electron chi connectivity index (χ2n) is 7.69. The van der Waals surface area contributed by atoms with Gasteiger partial charge in [0, 0.05) is 18.9 Å². The summed E-state index contributed by atoms with van der Waals surface area (Å²) in [6.45, 7) is 5.93. The predicted octanol–water partition coefficient (Wildman–Crippen LogP) is 1.13. The van der Waals surface area contributed by atoms with Gasteiger partial charge in [0.1, 0.15) is 18.3 Å². The first-order valence-corrected chi connectivity index (χ1v) is 10.2. The summed E-state index contributed by atoms with van der Waals surface area (Å²) in [4.78, 5) is 40.7. The van der Waals surface area contributed by atoms with Crippen molar-refractivity contribution >= 4 is 17.7 Å². The van der Waals surface area contributed by atoms with E-state index in [4.69, 9.17) is 4.74 Å². The van der Waals surface area contributed by atoms with Gasteiger partial charge in [-0.2, -0.15) is 0 Å². The molecule has 0 bridgehead atoms. The van der Waals surface area contributed by atoms with Crippen molar-refractivity contribution in [1.82, 2.24) is 20.4 Å². The molecule has 0 aromatic heterocycles. The number of carbonyl (C=O) groups is 3. The molecule has 30 heavy (non-hydrogen) atoms. The number of hydrogen-bond acceptors (Lipinski definition) is 5. The monoisotopic (exact) mass is 416 g/mol. The number of rotatable bonds is 9. The number of nitrogens with zero attached hydrogens (tertiary/aromatic N) is 2. The summed E-state index contributed by atoms with van der Waals surface area (Å²) in [5.41, 5.74) is 1.09. The van der Waals surface area contributed by atoms with Crippen molar-refractivity contribution in [2.75, 3.05) is 27.2 Å². The van der Waals surface area contributed by atoms with Crippen LogP contribution >= 0.6 is 0 Å². The molecule has 1 aliphatic rings. The highest BCUT2D eigenvalue weighted by Crippen LogP contribution is 2.14. The van der Waals surface area contributed by atoms with Gasteiger partial charge in [-0.3, -0.25) is 14.4 Å². The number of carbonyl (C=O) groups excluding carboxylic acids is 3. The maximum atomic E-state index is 12.9. The van der Waals surface area contributed by atoms with Crippen LogP contribution in [-0.2, 0) is 20.8 Å². The zero-order valence-corrected chi connectivity index (χ0v) is 18.3. The molecule has 1 heterocycles. The third-order valence-electron chi connectivity index (χ3n) is 5.19. The highest BCUT2D eigenvalue weighted by Gasteiger charge is 2.32. The molecule has 8 heteroatoms. The van der Waals surface area contributed by atoms with Crippen LogP contribution in [0.25, 0.3) is 0 Å². The Morgan fingerprint density at radius 3 is 2.33 bits per heavy atom. The van der Waals surface area contributed by atoms with Gasteiger partial charge in [-0.05, 0) is 44.0 Å². The average Bonchev–Trinajstić information content (AvgIpc) is 2.75. The van der Waals surface area contributed by atoms with Crippen LogP contribution in [0.15, 0.2) is 36.7 Å². The van der Waals surface area contributed by atoms with Gasteiger partial charge in [-0.1, -0.05) is 26.0 Å². The minimum atomic E-state index is -0.698. The molecule has 8 nitrogen and oxygen atoms in total. The minimum absolute atomic E-state index is 0.0430. The van der Waals surface area contributed by atoms with Gasteiger partial charge in [-0.25, -0.2) is 0 Å². The molecule has 0 spiro atoms. The molecule has 3 amide bonds. The van der Waals surface area contributed by atoms with E-state index >= 15 is 0 Å². The fourth-order valence-corrected chi connectivity index (χ4v) is 3.03. The van der Waals surface area contributed by atoms with Crippen LogP contribution in [-0.4, -0.2) is 66.9 Å². The molecule has 0 fully saturated rings. The lowest BCUT2D eigenvalue weighted by Crippen LogP contribution is -2.55. The van der Waals surface area contributed by atoms with Crippen LogP contribution in [0.2, 0.25) is 0 Å². The van der Waals surface area contributed by atoms with E-state index in [-0.39, 0.29) is 30.2 Å². The molecule has 0 radical (unpaired) electrons. The molecule has 2 atom stereocenters. The quantitative estimate of drug-likeness (QED) is 0.630. The second-order valence-corrected chi connectivity index (χ2v) is 7.69. The van der Waals surface area contributed by atoms with E-state index in [9.17, 15) is 14.4 Å². The fourth-order valence-electron chi connectivity index (χ4n) is 3.03. The number of hydrogen-bond donors (Lipinski definition) is 2. The molecular weight excluding hydrogens is 384 g/mol. The van der Waals surface area contributed by atoms with Crippen molar-refractivity contribution in [1.29, 1.82) is 0 Å². The number of benzene rings is 1. The summed E-state index contributed by atoms with van der Waals surface area (Å²) in [6.07, 6.45) is 3.93. The van der Waals surface area contributed by atoms with E-state index in [1.54, 1.807) is 38.4 Å². The van der Waals surface area contributed by atoms with Gasteiger partial charge in [0.2, 0.25) is 17.7 Å². The van der Waals surface area contributed by atoms with Crippen LogP contribution < -0.4 is 15.4 Å². The zero-order chi connectivity index (χ0) is 22.3. The Kier molecular flexibility index (Phi) is 8.41. The van der Waals surface area contributed by atoms with Crippen molar-refractivity contribution in [2.24, 2.45) is 5.92 Å². The van der Waals surface area contributed by atoms with Crippen molar-refractivity contribution in [2.45, 2.75) is 39.3 Å². The summed E-state index contributed by atoms with van der Waals surface area (Å²) >= 11 is 0. The highest BCUT2D eigenvalue weighted by molar-refractivity contribution is 5.93. The van der Waals surface area contributed by atoms with Gasteiger partial charge in [0.25, 0.3) is 0 Å². The molecule has 0 unspecified atom stereocenters. The highest BCUT2D eigenvalue weighted by atomic mass is 16.5. The third kappa shape index (κ3) is 6.06. The van der Waals surface area contributed by atoms with Gasteiger partial charge < -0.3 is 25.2 Å². The molecular formula is C22H32N4O4. The van der Waals surface area contributed by atoms with E-state index in [0.717, 1.165) is 11.3 Å². The Morgan fingerprint density at radius 2 is 1.80 bits per heavy atom. The van der Waals surface area contributed by atoms with Gasteiger partial charge in [-0.15, -0.1) is 0 Å². The molecule has 0 saturated carbocycles. The Hall–Kier alpha value is -2.87. The Labute approximate surface area is 178 Å². The lowest BCUT2D eigenvalue weighted by Gasteiger charge is -2.32. The molecule has 1 aromatic rings. The topological polar surface area (TPSA) is 91.0 Å². The number of nitrogens with one attached hydrogen (secondary N) is 2. The van der Waals surface area contributed by atoms with Gasteiger partial charge >= 0.3 is 0 Å². The van der Waals surface area contributed by atoms with E-state index < -0.39 is 12.1 Å². The van der Waals surface area contributed by atoms with Crippen LogP contribution in [0, 0.1) is 5.92 Å². The normalized spacial score (nSPS) is 15.9. The van der Waals surface area contributed by atoms with E-state index in [1.807, 2.05) is 38.1 Å². The first kappa shape index (κ1) is 23.4. The summed E-state index contributed by atoms with van der Waals surface area (Å²) in [5.74, 6) is -0.0179. The second kappa shape index (κ2) is 10.8. The Morgan fingerprint density at radius 1 is 1.13 bits per heavy atom. The maximum absolute atomic E-state index is 12.9. The first-order chi connectivity index (χ1) is 14.3. The smallest absolute Gasteiger partial charge is 0.249 e. The maximum Gasteiger partial charge on any atom is 0.249 e. The van der Waals surface area contributed by atoms with Crippen LogP contribution in [0.4, 0.5) is 0 Å². The molecule has 1 aromatic carbocycles. The summed E-state index contributed by atoms with van der Waals surface area (Å²) in [7, 11) is 3.30. The largest absolute Gasteiger partial charge is 0.497 e. The Balaban J connectivity index is 1.98. The average molecular weight is 417 g/mol. The van der Waals surface area contributed by atoms with Crippen molar-refractivity contribution in [3.63, 3.8) is 0 Å². The first-order valence-electron chi connectivity index (χ1n) is 10.2. The SMILES string of the molecule is CN[C@@H](C)C(=O)N[C@H](C(=O)N1C=CN(CCc2ccc(OC)cc2)C(=O)C1)C(C)C. The molecule has 2 N–H and O–H groups in total. The fraction of sp³-hybridized carbons (Fsp3) is 0.500. The van der Waals surface area contributed by atoms with Gasteiger partial charge in [0.15, 0.2) is 0 Å². The summed E-state index contributed by atoms with van der Waals surface area (Å²) in [5, 5.41) is 5.64. The standard InChI is InChI=1S/C22H32N4O4/c1-15(2)20(24-21(28)16(3)23-4)22(29)26-13-12-25(19(27)14-26)11-10-17-6-8-18(30-5)9-7-17/h6-9,12-13,15-16,20,23H,10-11,14H2,1-5H3,(H,24,28)/t16-,20-/m0/s1. The van der Waals surface area contributed by atoms with E-state index in [0.29, 0.717) is 13.0 Å². The minimum Gasteiger partial charge on any atom is -0.497 e. The Bertz CT molecular complexity index is 776. The lowest BCUT2D eigenvalue weighted by atomic mass is 10.0. The molecule has 2 rings (SSSR count). The molecule has 164 valence electrons. The summed E-state index contributed by atoms with van der Waals surface area (Å²) in [6, 6.07) is 6.60. The van der Waals surface area contributed by atoms with Crippen LogP contribution in [0.1, 0.15) is 26.3 Å². The molecule has 0 aliphatic carbocycles. The van der Waals surface area contributed by atoms with E-state index in [1.165, 1.54) is 4.90 Å².